The third-order valence-electron chi connectivity index (χ3n) is 2.86. The summed E-state index contributed by atoms with van der Waals surface area (Å²) in [7, 11) is 0. The van der Waals surface area contributed by atoms with Crippen molar-refractivity contribution >= 4 is 40.3 Å². The zero-order valence-corrected chi connectivity index (χ0v) is 13.3. The van der Waals surface area contributed by atoms with E-state index >= 15 is 0 Å². The second-order valence-corrected chi connectivity index (χ2v) is 4.99. The van der Waals surface area contributed by atoms with E-state index in [9.17, 15) is 0 Å². The first-order valence-electron chi connectivity index (χ1n) is 5.93. The van der Waals surface area contributed by atoms with E-state index in [1.165, 1.54) is 6.38 Å². The van der Waals surface area contributed by atoms with Crippen LogP contribution >= 0.6 is 34.8 Å². The number of fused-ring (bicyclic) bond motifs is 1. The zero-order chi connectivity index (χ0) is 14.7. The van der Waals surface area contributed by atoms with Gasteiger partial charge in [-0.15, -0.1) is 11.6 Å². The van der Waals surface area contributed by atoms with Crippen molar-refractivity contribution in [3.63, 3.8) is 0 Å². The minimum Gasteiger partial charge on any atom is -0.303 e. The summed E-state index contributed by atoms with van der Waals surface area (Å²) in [6.07, 6.45) is 3.47. The Bertz CT molecular complexity index is 715. The molecule has 20 heavy (non-hydrogen) atoms. The average molecular weight is 328 g/mol. The number of alkyl halides is 1. The number of imidazole rings is 1. The van der Waals surface area contributed by atoms with Crippen LogP contribution < -0.4 is 0 Å². The molecule has 2 heterocycles. The molecule has 0 N–H and O–H groups in total. The van der Waals surface area contributed by atoms with Crippen LogP contribution in [-0.2, 0) is 0 Å². The fourth-order valence-corrected chi connectivity index (χ4v) is 2.62. The molecule has 0 radical (unpaired) electrons. The summed E-state index contributed by atoms with van der Waals surface area (Å²) in [5.41, 5.74) is 2.88. The molecular weight excluding hydrogens is 315 g/mol. The molecule has 0 atom stereocenters. The lowest BCUT2D eigenvalue weighted by Crippen LogP contribution is -1.84. The summed E-state index contributed by atoms with van der Waals surface area (Å²) < 4.78 is 2.05. The lowest BCUT2D eigenvalue weighted by Gasteiger charge is -2.01. The molecule has 104 valence electrons. The van der Waals surface area contributed by atoms with Crippen molar-refractivity contribution in [2.24, 2.45) is 0 Å². The predicted octanol–water partition coefficient (Wildman–Crippen LogP) is 5.47. The Morgan fingerprint density at radius 3 is 2.30 bits per heavy atom. The van der Waals surface area contributed by atoms with E-state index in [1.54, 1.807) is 6.07 Å². The van der Waals surface area contributed by atoms with Crippen molar-refractivity contribution in [1.82, 2.24) is 9.38 Å². The molecule has 0 aliphatic rings. The SMILES string of the molecule is CCl.Cc1nc(-c2cc(Cl)cc(Cl)c2)c2ccccn12. The van der Waals surface area contributed by atoms with Gasteiger partial charge in [0.2, 0.25) is 0 Å². The highest BCUT2D eigenvalue weighted by atomic mass is 35.5. The van der Waals surface area contributed by atoms with Crippen LogP contribution in [0.25, 0.3) is 16.8 Å². The van der Waals surface area contributed by atoms with Gasteiger partial charge >= 0.3 is 0 Å². The fourth-order valence-electron chi connectivity index (χ4n) is 2.09. The van der Waals surface area contributed by atoms with E-state index < -0.39 is 0 Å². The Balaban J connectivity index is 0.000000704. The number of rotatable bonds is 1. The third-order valence-corrected chi connectivity index (χ3v) is 3.30. The highest BCUT2D eigenvalue weighted by molar-refractivity contribution is 6.35. The summed E-state index contributed by atoms with van der Waals surface area (Å²) in [4.78, 5) is 4.59. The molecule has 5 heteroatoms. The van der Waals surface area contributed by atoms with Gasteiger partial charge in [0.25, 0.3) is 0 Å². The lowest BCUT2D eigenvalue weighted by molar-refractivity contribution is 1.05. The number of halogens is 3. The number of benzene rings is 1. The smallest absolute Gasteiger partial charge is 0.110 e. The van der Waals surface area contributed by atoms with Crippen molar-refractivity contribution in [2.75, 3.05) is 6.38 Å². The summed E-state index contributed by atoms with van der Waals surface area (Å²) in [5, 5.41) is 1.24. The van der Waals surface area contributed by atoms with Crippen LogP contribution in [0.5, 0.6) is 0 Å². The number of pyridine rings is 1. The van der Waals surface area contributed by atoms with Gasteiger partial charge in [0.15, 0.2) is 0 Å². The van der Waals surface area contributed by atoms with Gasteiger partial charge in [-0.2, -0.15) is 0 Å². The van der Waals surface area contributed by atoms with Gasteiger partial charge in [0.05, 0.1) is 11.2 Å². The molecule has 0 saturated heterocycles. The van der Waals surface area contributed by atoms with Gasteiger partial charge in [0, 0.05) is 28.2 Å². The summed E-state index contributed by atoms with van der Waals surface area (Å²) in [6.45, 7) is 1.97. The second-order valence-electron chi connectivity index (χ2n) is 4.12. The topological polar surface area (TPSA) is 17.3 Å². The standard InChI is InChI=1S/C14H10Cl2N2.CH3Cl/c1-9-17-14(13-4-2-3-5-18(9)13)10-6-11(15)8-12(16)7-10;1-2/h2-8H,1H3;1H3. The first kappa shape index (κ1) is 15.2. The van der Waals surface area contributed by atoms with E-state index in [0.717, 1.165) is 22.6 Å². The Labute approximate surface area is 132 Å². The van der Waals surface area contributed by atoms with Crippen LogP contribution in [0.15, 0.2) is 42.6 Å². The van der Waals surface area contributed by atoms with E-state index in [1.807, 2.05) is 47.9 Å². The van der Waals surface area contributed by atoms with Crippen molar-refractivity contribution < 1.29 is 0 Å². The number of hydrogen-bond donors (Lipinski definition) is 0. The third kappa shape index (κ3) is 2.93. The molecule has 0 aliphatic carbocycles. The molecule has 3 rings (SSSR count). The number of hydrogen-bond acceptors (Lipinski definition) is 1. The van der Waals surface area contributed by atoms with E-state index in [0.29, 0.717) is 10.0 Å². The highest BCUT2D eigenvalue weighted by Crippen LogP contribution is 2.29. The molecule has 0 fully saturated rings. The molecular formula is C15H13Cl3N2. The molecule has 0 aliphatic heterocycles. The minimum atomic E-state index is 0.618. The summed E-state index contributed by atoms with van der Waals surface area (Å²) >= 11 is 16.7. The monoisotopic (exact) mass is 326 g/mol. The number of aromatic nitrogens is 2. The maximum atomic E-state index is 6.04. The van der Waals surface area contributed by atoms with Gasteiger partial charge in [0.1, 0.15) is 5.82 Å². The molecule has 3 aromatic rings. The highest BCUT2D eigenvalue weighted by Gasteiger charge is 2.10. The van der Waals surface area contributed by atoms with Gasteiger partial charge in [-0.3, -0.25) is 0 Å². The predicted molar refractivity (Wildman–Crippen MR) is 87.2 cm³/mol. The van der Waals surface area contributed by atoms with E-state index in [-0.39, 0.29) is 0 Å². The lowest BCUT2D eigenvalue weighted by atomic mass is 10.1. The quantitative estimate of drug-likeness (QED) is 0.542. The van der Waals surface area contributed by atoms with Crippen LogP contribution in [-0.4, -0.2) is 15.8 Å². The Hall–Kier alpha value is -1.22. The number of nitrogens with zero attached hydrogens (tertiary/aromatic N) is 2. The molecule has 0 saturated carbocycles. The van der Waals surface area contributed by atoms with E-state index in [4.69, 9.17) is 23.2 Å². The Morgan fingerprint density at radius 1 is 1.00 bits per heavy atom. The van der Waals surface area contributed by atoms with Crippen LogP contribution in [0, 0.1) is 6.92 Å². The van der Waals surface area contributed by atoms with Crippen molar-refractivity contribution in [2.45, 2.75) is 6.92 Å². The summed E-state index contributed by atoms with van der Waals surface area (Å²) in [5.74, 6) is 0.941. The zero-order valence-electron chi connectivity index (χ0n) is 11.1. The Kier molecular flexibility index (Phi) is 4.92. The first-order chi connectivity index (χ1) is 9.65. The van der Waals surface area contributed by atoms with Crippen LogP contribution in [0.2, 0.25) is 10.0 Å². The van der Waals surface area contributed by atoms with Crippen molar-refractivity contribution in [3.05, 3.63) is 58.5 Å². The fraction of sp³-hybridized carbons (Fsp3) is 0.133. The molecule has 0 bridgehead atoms. The molecule has 0 unspecified atom stereocenters. The van der Waals surface area contributed by atoms with Crippen LogP contribution in [0.4, 0.5) is 0 Å². The maximum Gasteiger partial charge on any atom is 0.110 e. The van der Waals surface area contributed by atoms with Crippen LogP contribution in [0.3, 0.4) is 0 Å². The van der Waals surface area contributed by atoms with Gasteiger partial charge in [-0.25, -0.2) is 4.98 Å². The van der Waals surface area contributed by atoms with Gasteiger partial charge < -0.3 is 4.40 Å². The van der Waals surface area contributed by atoms with E-state index in [2.05, 4.69) is 16.6 Å². The molecule has 2 nitrogen and oxygen atoms in total. The first-order valence-corrected chi connectivity index (χ1v) is 7.44. The van der Waals surface area contributed by atoms with Gasteiger partial charge in [-0.05, 0) is 37.3 Å². The minimum absolute atomic E-state index is 0.618. The van der Waals surface area contributed by atoms with Gasteiger partial charge in [-0.1, -0.05) is 29.3 Å². The van der Waals surface area contributed by atoms with Crippen LogP contribution in [0.1, 0.15) is 5.82 Å². The maximum absolute atomic E-state index is 6.04. The van der Waals surface area contributed by atoms with Crippen molar-refractivity contribution in [3.8, 4) is 11.3 Å². The molecule has 0 spiro atoms. The number of aryl methyl sites for hydroxylation is 1. The molecule has 2 aromatic heterocycles. The largest absolute Gasteiger partial charge is 0.303 e. The normalized spacial score (nSPS) is 10.2. The summed E-state index contributed by atoms with van der Waals surface area (Å²) in [6, 6.07) is 11.5. The second kappa shape index (κ2) is 6.49. The Morgan fingerprint density at radius 2 is 1.65 bits per heavy atom. The van der Waals surface area contributed by atoms with Crippen molar-refractivity contribution in [1.29, 1.82) is 0 Å². The average Bonchev–Trinajstić information content (AvgIpc) is 2.78. The molecule has 0 amide bonds. The molecule has 1 aromatic carbocycles.